The maximum atomic E-state index is 12.4. The zero-order valence-electron chi connectivity index (χ0n) is 8.22. The topological polar surface area (TPSA) is 67.6 Å². The Morgan fingerprint density at radius 1 is 1.29 bits per heavy atom. The number of hydrogen-bond donors (Lipinski definition) is 2. The number of rotatable bonds is 1. The molecule has 0 saturated carbocycles. The molecule has 3 N–H and O–H groups in total. The summed E-state index contributed by atoms with van der Waals surface area (Å²) in [6.07, 6.45) is -4.37. The van der Waals surface area contributed by atoms with Gasteiger partial charge in [-0.2, -0.15) is 18.2 Å². The van der Waals surface area contributed by atoms with E-state index in [-0.39, 0.29) is 10.4 Å². The quantitative estimate of drug-likeness (QED) is 0.851. The van der Waals surface area contributed by atoms with Gasteiger partial charge in [0.2, 0.25) is 5.95 Å². The van der Waals surface area contributed by atoms with Crippen molar-refractivity contribution in [3.05, 3.63) is 28.2 Å². The highest BCUT2D eigenvalue weighted by molar-refractivity contribution is 9.10. The number of H-pyrrole nitrogens is 1. The fourth-order valence-corrected chi connectivity index (χ4v) is 1.85. The molecule has 4 nitrogen and oxygen atoms in total. The first-order chi connectivity index (χ1) is 7.88. The van der Waals surface area contributed by atoms with Crippen molar-refractivity contribution < 1.29 is 13.2 Å². The van der Waals surface area contributed by atoms with Crippen LogP contribution in [-0.4, -0.2) is 15.2 Å². The smallest absolute Gasteiger partial charge is 0.366 e. The van der Waals surface area contributed by atoms with Gasteiger partial charge in [0.15, 0.2) is 5.82 Å². The molecule has 1 heterocycles. The van der Waals surface area contributed by atoms with Crippen LogP contribution in [0, 0.1) is 0 Å². The predicted octanol–water partition coefficient (Wildman–Crippen LogP) is 2.84. The highest BCUT2D eigenvalue weighted by Gasteiger charge is 2.31. The van der Waals surface area contributed by atoms with E-state index in [1.54, 1.807) is 0 Å². The van der Waals surface area contributed by atoms with E-state index in [1.807, 2.05) is 0 Å². The molecule has 1 aromatic heterocycles. The van der Waals surface area contributed by atoms with Gasteiger partial charge in [0.05, 0.1) is 5.56 Å². The van der Waals surface area contributed by atoms with Gasteiger partial charge >= 0.3 is 6.18 Å². The van der Waals surface area contributed by atoms with Gasteiger partial charge in [-0.25, -0.2) is 0 Å². The molecule has 0 amide bonds. The Kier molecular flexibility index (Phi) is 2.82. The molecule has 0 saturated heterocycles. The Balaban J connectivity index is 2.45. The minimum absolute atomic E-state index is 0.0341. The molecule has 0 radical (unpaired) electrons. The molecule has 0 bridgehead atoms. The lowest BCUT2D eigenvalue weighted by Crippen LogP contribution is -2.04. The number of benzene rings is 1. The van der Waals surface area contributed by atoms with Gasteiger partial charge < -0.3 is 5.73 Å². The number of aromatic amines is 1. The first kappa shape index (κ1) is 11.9. The van der Waals surface area contributed by atoms with Crippen molar-refractivity contribution in [3.8, 4) is 11.4 Å². The average Bonchev–Trinajstić information content (AvgIpc) is 2.63. The summed E-state index contributed by atoms with van der Waals surface area (Å²) >= 11 is 3.06. The third-order valence-corrected chi connectivity index (χ3v) is 2.71. The van der Waals surface area contributed by atoms with Gasteiger partial charge in [-0.3, -0.25) is 5.10 Å². The first-order valence-corrected chi connectivity index (χ1v) is 5.22. The second-order valence-corrected chi connectivity index (χ2v) is 4.09. The zero-order valence-corrected chi connectivity index (χ0v) is 9.80. The summed E-state index contributed by atoms with van der Waals surface area (Å²) in [6.45, 7) is 0. The summed E-state index contributed by atoms with van der Waals surface area (Å²) in [5.74, 6) is 0.342. The van der Waals surface area contributed by atoms with E-state index in [9.17, 15) is 13.2 Å². The monoisotopic (exact) mass is 306 g/mol. The van der Waals surface area contributed by atoms with E-state index in [0.29, 0.717) is 11.4 Å². The van der Waals surface area contributed by atoms with Crippen LogP contribution in [0.1, 0.15) is 5.56 Å². The lowest BCUT2D eigenvalue weighted by Gasteiger charge is -2.08. The van der Waals surface area contributed by atoms with Crippen LogP contribution in [0.5, 0.6) is 0 Å². The Morgan fingerprint density at radius 2 is 2.00 bits per heavy atom. The number of anilines is 1. The highest BCUT2D eigenvalue weighted by Crippen LogP contribution is 2.34. The molecule has 0 aliphatic rings. The number of alkyl halides is 3. The molecule has 0 fully saturated rings. The molecule has 1 aromatic carbocycles. The number of hydrogen-bond acceptors (Lipinski definition) is 3. The predicted molar refractivity (Wildman–Crippen MR) is 58.9 cm³/mol. The molecule has 0 unspecified atom stereocenters. The number of nitrogens with zero attached hydrogens (tertiary/aromatic N) is 2. The number of nitrogens with one attached hydrogen (secondary N) is 1. The van der Waals surface area contributed by atoms with Crippen molar-refractivity contribution >= 4 is 21.9 Å². The fourth-order valence-electron chi connectivity index (χ4n) is 1.28. The maximum Gasteiger partial charge on any atom is 0.416 e. The van der Waals surface area contributed by atoms with Crippen molar-refractivity contribution in [1.29, 1.82) is 0 Å². The lowest BCUT2D eigenvalue weighted by molar-refractivity contribution is -0.137. The van der Waals surface area contributed by atoms with E-state index in [2.05, 4.69) is 31.1 Å². The van der Waals surface area contributed by atoms with Crippen molar-refractivity contribution in [1.82, 2.24) is 15.2 Å². The maximum absolute atomic E-state index is 12.4. The van der Waals surface area contributed by atoms with Crippen LogP contribution < -0.4 is 5.73 Å². The molecule has 0 spiro atoms. The molecule has 0 aliphatic heterocycles. The Morgan fingerprint density at radius 3 is 2.47 bits per heavy atom. The SMILES string of the molecule is Nc1n[nH]c(-c2ccc(C(F)(F)F)cc2Br)n1. The van der Waals surface area contributed by atoms with Crippen LogP contribution in [0.2, 0.25) is 0 Å². The molecule has 90 valence electrons. The minimum atomic E-state index is -4.37. The Bertz CT molecular complexity index is 549. The Hall–Kier alpha value is -1.57. The molecule has 2 rings (SSSR count). The molecule has 0 atom stereocenters. The normalized spacial score (nSPS) is 11.8. The fraction of sp³-hybridized carbons (Fsp3) is 0.111. The summed E-state index contributed by atoms with van der Waals surface area (Å²) in [5, 5.41) is 6.13. The minimum Gasteiger partial charge on any atom is -0.366 e. The average molecular weight is 307 g/mol. The second-order valence-electron chi connectivity index (χ2n) is 3.23. The molecule has 0 aliphatic carbocycles. The Labute approximate surface area is 102 Å². The molecular formula is C9H6BrF3N4. The summed E-state index contributed by atoms with van der Waals surface area (Å²) in [4.78, 5) is 3.83. The third kappa shape index (κ3) is 2.41. The van der Waals surface area contributed by atoms with Gasteiger partial charge in [0, 0.05) is 10.0 Å². The van der Waals surface area contributed by atoms with Gasteiger partial charge in [-0.1, -0.05) is 15.9 Å². The van der Waals surface area contributed by atoms with Crippen LogP contribution in [0.3, 0.4) is 0 Å². The molecular weight excluding hydrogens is 301 g/mol. The first-order valence-electron chi connectivity index (χ1n) is 4.43. The van der Waals surface area contributed by atoms with Crippen LogP contribution in [0.15, 0.2) is 22.7 Å². The highest BCUT2D eigenvalue weighted by atomic mass is 79.9. The van der Waals surface area contributed by atoms with Gasteiger partial charge in [0.1, 0.15) is 0 Å². The van der Waals surface area contributed by atoms with E-state index in [1.165, 1.54) is 6.07 Å². The summed E-state index contributed by atoms with van der Waals surface area (Å²) in [7, 11) is 0. The van der Waals surface area contributed by atoms with Gasteiger partial charge in [0.25, 0.3) is 0 Å². The number of halogens is 4. The van der Waals surface area contributed by atoms with Crippen LogP contribution >= 0.6 is 15.9 Å². The van der Waals surface area contributed by atoms with Crippen molar-refractivity contribution in [2.75, 3.05) is 5.73 Å². The summed E-state index contributed by atoms with van der Waals surface area (Å²) in [6, 6.07) is 3.25. The van der Waals surface area contributed by atoms with Gasteiger partial charge in [-0.15, -0.1) is 5.10 Å². The van der Waals surface area contributed by atoms with Crippen molar-refractivity contribution in [3.63, 3.8) is 0 Å². The van der Waals surface area contributed by atoms with E-state index in [4.69, 9.17) is 5.73 Å². The molecule has 8 heteroatoms. The van der Waals surface area contributed by atoms with Crippen molar-refractivity contribution in [2.45, 2.75) is 6.18 Å². The van der Waals surface area contributed by atoms with E-state index >= 15 is 0 Å². The second kappa shape index (κ2) is 4.02. The standard InChI is InChI=1S/C9H6BrF3N4/c10-6-3-4(9(11,12)13)1-2-5(6)7-15-8(14)17-16-7/h1-3H,(H3,14,15,16,17). The largest absolute Gasteiger partial charge is 0.416 e. The van der Waals surface area contributed by atoms with Crippen molar-refractivity contribution in [2.24, 2.45) is 0 Å². The van der Waals surface area contributed by atoms with E-state index < -0.39 is 11.7 Å². The van der Waals surface area contributed by atoms with Crippen LogP contribution in [0.4, 0.5) is 19.1 Å². The third-order valence-electron chi connectivity index (χ3n) is 2.05. The van der Waals surface area contributed by atoms with E-state index in [0.717, 1.165) is 12.1 Å². The number of nitrogen functional groups attached to an aromatic ring is 1. The summed E-state index contributed by atoms with van der Waals surface area (Å²) in [5.41, 5.74) is 5.04. The van der Waals surface area contributed by atoms with Gasteiger partial charge in [-0.05, 0) is 18.2 Å². The lowest BCUT2D eigenvalue weighted by atomic mass is 10.1. The summed E-state index contributed by atoms with van der Waals surface area (Å²) < 4.78 is 37.6. The van der Waals surface area contributed by atoms with Crippen LogP contribution in [0.25, 0.3) is 11.4 Å². The van der Waals surface area contributed by atoms with Crippen LogP contribution in [-0.2, 0) is 6.18 Å². The number of nitrogens with two attached hydrogens (primary N) is 1. The molecule has 17 heavy (non-hydrogen) atoms. The molecule has 2 aromatic rings. The number of aromatic nitrogens is 3. The zero-order chi connectivity index (χ0) is 12.6.